The average molecular weight is 365 g/mol. The first-order chi connectivity index (χ1) is 13.1. The van der Waals surface area contributed by atoms with Crippen LogP contribution in [0.4, 0.5) is 0 Å². The Labute approximate surface area is 158 Å². The van der Waals surface area contributed by atoms with Crippen LogP contribution in [0.3, 0.4) is 0 Å². The van der Waals surface area contributed by atoms with Crippen LogP contribution in [0.2, 0.25) is 0 Å². The number of hydrogen-bond acceptors (Lipinski definition) is 5. The smallest absolute Gasteiger partial charge is 0.256 e. The van der Waals surface area contributed by atoms with Gasteiger partial charge in [-0.1, -0.05) is 30.3 Å². The predicted molar refractivity (Wildman–Crippen MR) is 105 cm³/mol. The third-order valence-corrected chi connectivity index (χ3v) is 4.49. The van der Waals surface area contributed by atoms with Crippen molar-refractivity contribution in [3.63, 3.8) is 0 Å². The van der Waals surface area contributed by atoms with Crippen molar-refractivity contribution in [2.75, 3.05) is 21.3 Å². The summed E-state index contributed by atoms with van der Waals surface area (Å²) in [6.07, 6.45) is 1.58. The molecule has 0 spiro atoms. The van der Waals surface area contributed by atoms with E-state index in [1.54, 1.807) is 38.4 Å². The Hall–Kier alpha value is -3.12. The summed E-state index contributed by atoms with van der Waals surface area (Å²) in [5.74, 6) is 1.06. The van der Waals surface area contributed by atoms with Crippen LogP contribution < -0.4 is 15.2 Å². The molecule has 1 amide bonds. The molecule has 0 fully saturated rings. The predicted octanol–water partition coefficient (Wildman–Crippen LogP) is 2.98. The zero-order chi connectivity index (χ0) is 19.4. The number of nitrogens with two attached hydrogens (primary N) is 1. The number of amides is 1. The van der Waals surface area contributed by atoms with Crippen molar-refractivity contribution in [1.82, 2.24) is 9.88 Å². The maximum atomic E-state index is 13.1. The molecule has 27 heavy (non-hydrogen) atoms. The monoisotopic (exact) mass is 365 g/mol. The lowest BCUT2D eigenvalue weighted by Crippen LogP contribution is -2.26. The van der Waals surface area contributed by atoms with Gasteiger partial charge in [0.2, 0.25) is 0 Å². The largest absolute Gasteiger partial charge is 0.497 e. The number of fused-ring (bicyclic) bond motifs is 1. The lowest BCUT2D eigenvalue weighted by atomic mass is 10.0. The summed E-state index contributed by atoms with van der Waals surface area (Å²) >= 11 is 0. The summed E-state index contributed by atoms with van der Waals surface area (Å²) in [4.78, 5) is 19.2. The number of carbonyl (C=O) groups is 1. The molecule has 0 saturated heterocycles. The van der Waals surface area contributed by atoms with E-state index in [4.69, 9.17) is 15.2 Å². The second kappa shape index (κ2) is 8.05. The van der Waals surface area contributed by atoms with Gasteiger partial charge in [0.15, 0.2) is 0 Å². The molecule has 6 nitrogen and oxygen atoms in total. The topological polar surface area (TPSA) is 77.7 Å². The van der Waals surface area contributed by atoms with Gasteiger partial charge < -0.3 is 20.1 Å². The van der Waals surface area contributed by atoms with E-state index in [1.807, 2.05) is 36.4 Å². The Morgan fingerprint density at radius 3 is 2.52 bits per heavy atom. The van der Waals surface area contributed by atoms with Crippen molar-refractivity contribution in [2.45, 2.75) is 13.1 Å². The molecule has 2 aromatic carbocycles. The highest BCUT2D eigenvalue weighted by Gasteiger charge is 2.20. The Morgan fingerprint density at radius 1 is 1.15 bits per heavy atom. The summed E-state index contributed by atoms with van der Waals surface area (Å²) in [7, 11) is 4.93. The van der Waals surface area contributed by atoms with Gasteiger partial charge in [0.25, 0.3) is 5.91 Å². The van der Waals surface area contributed by atoms with E-state index in [1.165, 1.54) is 0 Å². The van der Waals surface area contributed by atoms with E-state index in [0.29, 0.717) is 34.7 Å². The summed E-state index contributed by atoms with van der Waals surface area (Å²) < 4.78 is 10.9. The van der Waals surface area contributed by atoms with Gasteiger partial charge in [-0.3, -0.25) is 9.78 Å². The summed E-state index contributed by atoms with van der Waals surface area (Å²) in [6.45, 7) is 0.744. The molecule has 3 aromatic rings. The first-order valence-corrected chi connectivity index (χ1v) is 8.62. The van der Waals surface area contributed by atoms with E-state index in [9.17, 15) is 4.79 Å². The van der Waals surface area contributed by atoms with Crippen molar-refractivity contribution < 1.29 is 14.3 Å². The van der Waals surface area contributed by atoms with Gasteiger partial charge >= 0.3 is 0 Å². The second-order valence-corrected chi connectivity index (χ2v) is 6.22. The van der Waals surface area contributed by atoms with Crippen LogP contribution in [0.25, 0.3) is 10.8 Å². The number of hydrogen-bond donors (Lipinski definition) is 1. The van der Waals surface area contributed by atoms with Crippen molar-refractivity contribution in [2.24, 2.45) is 5.73 Å². The van der Waals surface area contributed by atoms with Gasteiger partial charge in [0.1, 0.15) is 11.5 Å². The number of ether oxygens (including phenoxy) is 2. The fourth-order valence-corrected chi connectivity index (χ4v) is 3.12. The van der Waals surface area contributed by atoms with Gasteiger partial charge in [-0.25, -0.2) is 0 Å². The third-order valence-electron chi connectivity index (χ3n) is 4.49. The molecule has 0 aliphatic heterocycles. The van der Waals surface area contributed by atoms with Crippen molar-refractivity contribution in [1.29, 1.82) is 0 Å². The van der Waals surface area contributed by atoms with Crippen LogP contribution in [-0.4, -0.2) is 37.1 Å². The molecule has 2 N–H and O–H groups in total. The highest BCUT2D eigenvalue weighted by Crippen LogP contribution is 2.35. The Balaban J connectivity index is 2.09. The molecule has 0 unspecified atom stereocenters. The van der Waals surface area contributed by atoms with Gasteiger partial charge in [0, 0.05) is 43.2 Å². The minimum atomic E-state index is -0.129. The van der Waals surface area contributed by atoms with E-state index in [2.05, 4.69) is 4.98 Å². The van der Waals surface area contributed by atoms with Crippen molar-refractivity contribution in [3.05, 3.63) is 65.5 Å². The lowest BCUT2D eigenvalue weighted by molar-refractivity contribution is 0.0786. The highest BCUT2D eigenvalue weighted by molar-refractivity contribution is 6.09. The van der Waals surface area contributed by atoms with E-state index < -0.39 is 0 Å². The molecule has 0 aliphatic carbocycles. The molecule has 1 heterocycles. The molecular formula is C21H23N3O3. The fraction of sp³-hybridized carbons (Fsp3) is 0.238. The normalized spacial score (nSPS) is 10.7. The van der Waals surface area contributed by atoms with Crippen LogP contribution in [-0.2, 0) is 13.1 Å². The first-order valence-electron chi connectivity index (χ1n) is 8.62. The fourth-order valence-electron chi connectivity index (χ4n) is 3.12. The number of nitrogens with zero attached hydrogens (tertiary/aromatic N) is 2. The minimum Gasteiger partial charge on any atom is -0.497 e. The molecule has 3 rings (SSSR count). The quantitative estimate of drug-likeness (QED) is 0.727. The molecule has 0 radical (unpaired) electrons. The molecule has 1 aromatic heterocycles. The van der Waals surface area contributed by atoms with Gasteiger partial charge in [-0.05, 0) is 11.6 Å². The van der Waals surface area contributed by atoms with Gasteiger partial charge in [-0.2, -0.15) is 0 Å². The number of rotatable bonds is 6. The summed E-state index contributed by atoms with van der Waals surface area (Å²) in [6, 6.07) is 13.4. The lowest BCUT2D eigenvalue weighted by Gasteiger charge is -2.20. The maximum absolute atomic E-state index is 13.1. The van der Waals surface area contributed by atoms with E-state index >= 15 is 0 Å². The van der Waals surface area contributed by atoms with Crippen LogP contribution >= 0.6 is 0 Å². The molecule has 6 heteroatoms. The maximum Gasteiger partial charge on any atom is 0.256 e. The Bertz CT molecular complexity index is 958. The Kier molecular flexibility index (Phi) is 5.57. The van der Waals surface area contributed by atoms with Crippen LogP contribution in [0.1, 0.15) is 21.6 Å². The second-order valence-electron chi connectivity index (χ2n) is 6.22. The molecule has 0 saturated carbocycles. The van der Waals surface area contributed by atoms with Crippen molar-refractivity contribution >= 4 is 16.7 Å². The SMILES string of the molecule is COc1cc(OC)c2c(CN)ncc(C(=O)N(C)Cc3ccccc3)c2c1. The van der Waals surface area contributed by atoms with E-state index in [0.717, 1.165) is 10.9 Å². The standard InChI is InChI=1S/C21H23N3O3/c1-24(13-14-7-5-4-6-8-14)21(25)17-12-23-18(11-22)20-16(17)9-15(26-2)10-19(20)27-3/h4-10,12H,11,13,22H2,1-3H3. The zero-order valence-corrected chi connectivity index (χ0v) is 15.7. The molecule has 0 atom stereocenters. The third kappa shape index (κ3) is 3.71. The summed E-state index contributed by atoms with van der Waals surface area (Å²) in [5.41, 5.74) is 8.07. The number of pyridine rings is 1. The van der Waals surface area contributed by atoms with E-state index in [-0.39, 0.29) is 12.5 Å². The summed E-state index contributed by atoms with van der Waals surface area (Å²) in [5, 5.41) is 1.45. The van der Waals surface area contributed by atoms with Crippen LogP contribution in [0, 0.1) is 0 Å². The number of aromatic nitrogens is 1. The highest BCUT2D eigenvalue weighted by atomic mass is 16.5. The minimum absolute atomic E-state index is 0.129. The zero-order valence-electron chi connectivity index (χ0n) is 15.7. The van der Waals surface area contributed by atoms with Crippen LogP contribution in [0.5, 0.6) is 11.5 Å². The molecule has 0 bridgehead atoms. The number of methoxy groups -OCH3 is 2. The first kappa shape index (κ1) is 18.7. The molecule has 0 aliphatic rings. The molecular weight excluding hydrogens is 342 g/mol. The van der Waals surface area contributed by atoms with Crippen LogP contribution in [0.15, 0.2) is 48.7 Å². The molecule has 140 valence electrons. The van der Waals surface area contributed by atoms with Gasteiger partial charge in [0.05, 0.1) is 25.5 Å². The van der Waals surface area contributed by atoms with Gasteiger partial charge in [-0.15, -0.1) is 0 Å². The average Bonchev–Trinajstić information content (AvgIpc) is 2.72. The number of carbonyl (C=O) groups excluding carboxylic acids is 1. The van der Waals surface area contributed by atoms with Crippen molar-refractivity contribution in [3.8, 4) is 11.5 Å². The Morgan fingerprint density at radius 2 is 1.89 bits per heavy atom. The number of benzene rings is 2.